The molecule has 0 amide bonds. The number of phenolic OH excluding ortho intramolecular Hbond substituents is 1. The Kier molecular flexibility index (Phi) is 3.85. The van der Waals surface area contributed by atoms with Gasteiger partial charge in [-0.1, -0.05) is 24.3 Å². The number of H-pyrrole nitrogens is 1. The van der Waals surface area contributed by atoms with Crippen LogP contribution in [0.3, 0.4) is 0 Å². The van der Waals surface area contributed by atoms with Gasteiger partial charge in [-0.2, -0.15) is 0 Å². The highest BCUT2D eigenvalue weighted by molar-refractivity contribution is 6.10. The van der Waals surface area contributed by atoms with E-state index in [1.165, 1.54) is 31.2 Å². The quantitative estimate of drug-likeness (QED) is 0.572. The Morgan fingerprint density at radius 2 is 1.91 bits per heavy atom. The zero-order valence-electron chi connectivity index (χ0n) is 12.4. The number of esters is 1. The molecule has 0 saturated heterocycles. The number of para-hydroxylation sites is 1. The number of aromatic amines is 1. The summed E-state index contributed by atoms with van der Waals surface area (Å²) in [5, 5.41) is 10.2. The molecular weight excluding hydrogens is 294 g/mol. The van der Waals surface area contributed by atoms with E-state index in [-0.39, 0.29) is 17.1 Å². The minimum absolute atomic E-state index is 0.0324. The van der Waals surface area contributed by atoms with Crippen LogP contribution in [-0.2, 0) is 4.74 Å². The molecule has 0 spiro atoms. The molecule has 0 aliphatic carbocycles. The van der Waals surface area contributed by atoms with Crippen LogP contribution in [0, 0.1) is 0 Å². The molecule has 1 heterocycles. The van der Waals surface area contributed by atoms with Crippen LogP contribution in [0.1, 0.15) is 27.6 Å². The molecule has 1 atom stereocenters. The fraction of sp³-hybridized carbons (Fsp3) is 0.111. The molecule has 5 heteroatoms. The number of Topliss-reactive ketones (excluding diaryl/α,β-unsaturated/α-hetero) is 1. The summed E-state index contributed by atoms with van der Waals surface area (Å²) in [5.74, 6) is -0.965. The third-order valence-electron chi connectivity index (χ3n) is 3.59. The van der Waals surface area contributed by atoms with E-state index in [0.717, 1.165) is 10.9 Å². The molecule has 0 bridgehead atoms. The molecule has 2 aromatic carbocycles. The third-order valence-corrected chi connectivity index (χ3v) is 3.59. The van der Waals surface area contributed by atoms with Crippen LogP contribution >= 0.6 is 0 Å². The van der Waals surface area contributed by atoms with Gasteiger partial charge in [0.2, 0.25) is 5.78 Å². The fourth-order valence-corrected chi connectivity index (χ4v) is 2.41. The molecule has 0 aliphatic heterocycles. The molecule has 0 saturated carbocycles. The predicted molar refractivity (Wildman–Crippen MR) is 85.6 cm³/mol. The van der Waals surface area contributed by atoms with Crippen LogP contribution in [0.2, 0.25) is 0 Å². The number of benzene rings is 2. The molecular formula is C18H15NO4. The summed E-state index contributed by atoms with van der Waals surface area (Å²) in [5.41, 5.74) is 1.53. The maximum absolute atomic E-state index is 12.5. The first-order chi connectivity index (χ1) is 11.1. The van der Waals surface area contributed by atoms with Crippen LogP contribution in [0.15, 0.2) is 54.7 Å². The molecule has 0 aliphatic rings. The van der Waals surface area contributed by atoms with Gasteiger partial charge in [0.05, 0.1) is 5.56 Å². The zero-order valence-corrected chi connectivity index (χ0v) is 12.4. The normalized spacial score (nSPS) is 12.0. The Morgan fingerprint density at radius 1 is 1.13 bits per heavy atom. The van der Waals surface area contributed by atoms with Crippen molar-refractivity contribution in [2.45, 2.75) is 13.0 Å². The van der Waals surface area contributed by atoms with E-state index in [1.54, 1.807) is 6.20 Å². The average Bonchev–Trinajstić information content (AvgIpc) is 2.98. The van der Waals surface area contributed by atoms with Crippen LogP contribution in [0.5, 0.6) is 5.75 Å². The van der Waals surface area contributed by atoms with Crippen molar-refractivity contribution in [2.75, 3.05) is 0 Å². The van der Waals surface area contributed by atoms with Gasteiger partial charge in [0, 0.05) is 22.7 Å². The van der Waals surface area contributed by atoms with Crippen LogP contribution in [-0.4, -0.2) is 27.9 Å². The fourth-order valence-electron chi connectivity index (χ4n) is 2.41. The minimum atomic E-state index is -0.927. The van der Waals surface area contributed by atoms with Gasteiger partial charge in [0.15, 0.2) is 6.10 Å². The first-order valence-corrected chi connectivity index (χ1v) is 7.16. The number of ether oxygens (including phenoxy) is 1. The van der Waals surface area contributed by atoms with Crippen molar-refractivity contribution in [3.05, 3.63) is 65.9 Å². The smallest absolute Gasteiger partial charge is 0.338 e. The van der Waals surface area contributed by atoms with Gasteiger partial charge in [-0.25, -0.2) is 4.79 Å². The summed E-state index contributed by atoms with van der Waals surface area (Å²) < 4.78 is 5.21. The molecule has 5 nitrogen and oxygen atoms in total. The van der Waals surface area contributed by atoms with E-state index < -0.39 is 12.1 Å². The highest BCUT2D eigenvalue weighted by atomic mass is 16.5. The molecule has 23 heavy (non-hydrogen) atoms. The molecule has 0 radical (unpaired) electrons. The number of carbonyl (C=O) groups is 2. The SMILES string of the molecule is C[C@@H](OC(=O)c1cccc(O)c1)C(=O)c1c[nH]c2ccccc12. The first kappa shape index (κ1) is 14.8. The zero-order chi connectivity index (χ0) is 16.4. The number of hydrogen-bond acceptors (Lipinski definition) is 4. The number of nitrogens with one attached hydrogen (secondary N) is 1. The van der Waals surface area contributed by atoms with E-state index in [1.807, 2.05) is 24.3 Å². The van der Waals surface area contributed by atoms with Crippen molar-refractivity contribution >= 4 is 22.7 Å². The summed E-state index contributed by atoms with van der Waals surface area (Å²) in [4.78, 5) is 27.6. The van der Waals surface area contributed by atoms with Gasteiger partial charge < -0.3 is 14.8 Å². The predicted octanol–water partition coefficient (Wildman–Crippen LogP) is 3.30. The Balaban J connectivity index is 1.79. The summed E-state index contributed by atoms with van der Waals surface area (Å²) in [6.07, 6.45) is 0.690. The summed E-state index contributed by atoms with van der Waals surface area (Å²) >= 11 is 0. The molecule has 1 aromatic heterocycles. The standard InChI is InChI=1S/C18H15NO4/c1-11(23-18(22)12-5-4-6-13(20)9-12)17(21)15-10-19-16-8-3-2-7-14(15)16/h2-11,19-20H,1H3/t11-/m1/s1. The summed E-state index contributed by atoms with van der Waals surface area (Å²) in [7, 11) is 0. The van der Waals surface area contributed by atoms with Gasteiger partial charge in [0.1, 0.15) is 5.75 Å². The highest BCUT2D eigenvalue weighted by Gasteiger charge is 2.22. The number of hydrogen-bond donors (Lipinski definition) is 2. The lowest BCUT2D eigenvalue weighted by atomic mass is 10.1. The van der Waals surface area contributed by atoms with E-state index in [2.05, 4.69) is 4.98 Å². The van der Waals surface area contributed by atoms with Crippen molar-refractivity contribution in [2.24, 2.45) is 0 Å². The number of aromatic nitrogens is 1. The van der Waals surface area contributed by atoms with Gasteiger partial charge in [-0.15, -0.1) is 0 Å². The molecule has 116 valence electrons. The molecule has 0 unspecified atom stereocenters. The van der Waals surface area contributed by atoms with E-state index in [4.69, 9.17) is 4.74 Å². The van der Waals surface area contributed by atoms with E-state index >= 15 is 0 Å². The number of fused-ring (bicyclic) bond motifs is 1. The second-order valence-electron chi connectivity index (χ2n) is 5.21. The van der Waals surface area contributed by atoms with Gasteiger partial charge in [-0.05, 0) is 31.2 Å². The number of carbonyl (C=O) groups excluding carboxylic acids is 2. The van der Waals surface area contributed by atoms with E-state index in [0.29, 0.717) is 5.56 Å². The van der Waals surface area contributed by atoms with Crippen LogP contribution in [0.4, 0.5) is 0 Å². The second kappa shape index (κ2) is 5.96. The highest BCUT2D eigenvalue weighted by Crippen LogP contribution is 2.20. The lowest BCUT2D eigenvalue weighted by Gasteiger charge is -2.12. The Hall–Kier alpha value is -3.08. The van der Waals surface area contributed by atoms with Gasteiger partial charge in [-0.3, -0.25) is 4.79 Å². The minimum Gasteiger partial charge on any atom is -0.508 e. The summed E-state index contributed by atoms with van der Waals surface area (Å²) in [6, 6.07) is 13.2. The van der Waals surface area contributed by atoms with Crippen molar-refractivity contribution in [1.82, 2.24) is 4.98 Å². The van der Waals surface area contributed by atoms with Gasteiger partial charge >= 0.3 is 5.97 Å². The second-order valence-corrected chi connectivity index (χ2v) is 5.21. The Bertz CT molecular complexity index is 881. The maximum atomic E-state index is 12.5. The lowest BCUT2D eigenvalue weighted by molar-refractivity contribution is 0.0319. The van der Waals surface area contributed by atoms with Crippen molar-refractivity contribution in [3.63, 3.8) is 0 Å². The lowest BCUT2D eigenvalue weighted by Crippen LogP contribution is -2.24. The maximum Gasteiger partial charge on any atom is 0.338 e. The van der Waals surface area contributed by atoms with Crippen molar-refractivity contribution < 1.29 is 19.4 Å². The number of ketones is 1. The molecule has 2 N–H and O–H groups in total. The molecule has 3 rings (SSSR count). The first-order valence-electron chi connectivity index (χ1n) is 7.16. The molecule has 3 aromatic rings. The average molecular weight is 309 g/mol. The van der Waals surface area contributed by atoms with Crippen LogP contribution in [0.25, 0.3) is 10.9 Å². The molecule has 0 fully saturated rings. The number of phenols is 1. The largest absolute Gasteiger partial charge is 0.508 e. The summed E-state index contributed by atoms with van der Waals surface area (Å²) in [6.45, 7) is 1.53. The van der Waals surface area contributed by atoms with Crippen molar-refractivity contribution in [3.8, 4) is 5.75 Å². The monoisotopic (exact) mass is 309 g/mol. The van der Waals surface area contributed by atoms with E-state index in [9.17, 15) is 14.7 Å². The van der Waals surface area contributed by atoms with Crippen LogP contribution < -0.4 is 0 Å². The number of rotatable bonds is 4. The number of aromatic hydroxyl groups is 1. The Morgan fingerprint density at radius 3 is 2.70 bits per heavy atom. The van der Waals surface area contributed by atoms with Gasteiger partial charge in [0.25, 0.3) is 0 Å². The topological polar surface area (TPSA) is 79.4 Å². The third kappa shape index (κ3) is 2.94. The Labute approximate surface area is 132 Å². The van der Waals surface area contributed by atoms with Crippen molar-refractivity contribution in [1.29, 1.82) is 0 Å².